The second-order valence-electron chi connectivity index (χ2n) is 6.79. The molecule has 0 aliphatic rings. The summed E-state index contributed by atoms with van der Waals surface area (Å²) < 4.78 is 5.74. The van der Waals surface area contributed by atoms with Gasteiger partial charge in [-0.3, -0.25) is 0 Å². The van der Waals surface area contributed by atoms with E-state index in [1.165, 1.54) is 16.9 Å². The van der Waals surface area contributed by atoms with E-state index in [4.69, 9.17) is 4.74 Å². The fraction of sp³-hybridized carbons (Fsp3) is 0.375. The Labute approximate surface area is 179 Å². The smallest absolute Gasteiger partial charge is 0.147 e. The lowest BCUT2D eigenvalue weighted by atomic mass is 10.1. The molecule has 29 heavy (non-hydrogen) atoms. The highest BCUT2D eigenvalue weighted by Crippen LogP contribution is 2.27. The molecule has 0 fully saturated rings. The first-order valence-electron chi connectivity index (χ1n) is 9.84. The number of nitrogens with zero attached hydrogens (tertiary/aromatic N) is 3. The van der Waals surface area contributed by atoms with Crippen molar-refractivity contribution in [1.82, 2.24) is 10.2 Å². The van der Waals surface area contributed by atoms with Crippen LogP contribution in [-0.4, -0.2) is 16.3 Å². The maximum atomic E-state index is 9.58. The molecule has 0 spiro atoms. The maximum absolute atomic E-state index is 9.58. The average molecular weight is 410 g/mol. The lowest BCUT2D eigenvalue weighted by Gasteiger charge is -2.12. The Bertz CT molecular complexity index is 889. The van der Waals surface area contributed by atoms with Crippen LogP contribution in [0.25, 0.3) is 11.1 Å². The molecule has 0 radical (unpaired) electrons. The monoisotopic (exact) mass is 409 g/mol. The van der Waals surface area contributed by atoms with Crippen molar-refractivity contribution in [2.45, 2.75) is 60.5 Å². The van der Waals surface area contributed by atoms with Crippen molar-refractivity contribution in [3.05, 3.63) is 70.0 Å². The van der Waals surface area contributed by atoms with Crippen LogP contribution >= 0.6 is 11.3 Å². The van der Waals surface area contributed by atoms with Crippen LogP contribution in [0.4, 0.5) is 0 Å². The molecule has 0 amide bonds. The lowest BCUT2D eigenvalue weighted by Crippen LogP contribution is -2.04. The van der Waals surface area contributed by atoms with Gasteiger partial charge in [-0.15, -0.1) is 10.2 Å². The summed E-state index contributed by atoms with van der Waals surface area (Å²) in [6.45, 7) is 16.0. The van der Waals surface area contributed by atoms with Crippen LogP contribution in [0.3, 0.4) is 0 Å². The van der Waals surface area contributed by atoms with Crippen LogP contribution in [0.2, 0.25) is 0 Å². The van der Waals surface area contributed by atoms with Gasteiger partial charge in [-0.25, -0.2) is 0 Å². The standard InChI is InChI=1S/C24H31N3OS/c1-8-12-18(6)13-11-14-19(7)23-26-27-24(29-23)20(9-2)15-21(16-25)22(10-3)28-17(4)5/h9-11,13-15,17H,7-8,12H2,1-6H3/b14-11-,18-13-,20-9+,21-15-,22-10+. The Hall–Kier alpha value is -2.71. The number of hydrogen-bond acceptors (Lipinski definition) is 5. The molecule has 0 N–H and O–H groups in total. The third kappa shape index (κ3) is 8.05. The second-order valence-corrected chi connectivity index (χ2v) is 7.77. The minimum absolute atomic E-state index is 0.00902. The van der Waals surface area contributed by atoms with E-state index < -0.39 is 0 Å². The zero-order valence-electron chi connectivity index (χ0n) is 18.3. The fourth-order valence-electron chi connectivity index (χ4n) is 2.47. The van der Waals surface area contributed by atoms with Crippen molar-refractivity contribution in [2.24, 2.45) is 0 Å². The van der Waals surface area contributed by atoms with Crippen molar-refractivity contribution >= 4 is 22.5 Å². The molecule has 0 bridgehead atoms. The molecule has 1 aromatic rings. The number of aromatic nitrogens is 2. The van der Waals surface area contributed by atoms with Gasteiger partial charge in [0.05, 0.1) is 11.7 Å². The van der Waals surface area contributed by atoms with Gasteiger partial charge in [0.1, 0.15) is 21.8 Å². The van der Waals surface area contributed by atoms with Crippen molar-refractivity contribution < 1.29 is 4.74 Å². The summed E-state index contributed by atoms with van der Waals surface area (Å²) in [5.41, 5.74) is 3.43. The van der Waals surface area contributed by atoms with Gasteiger partial charge in [0.2, 0.25) is 0 Å². The molecule has 1 rings (SSSR count). The van der Waals surface area contributed by atoms with E-state index in [0.29, 0.717) is 11.3 Å². The van der Waals surface area contributed by atoms with Crippen molar-refractivity contribution in [3.63, 3.8) is 0 Å². The van der Waals surface area contributed by atoms with E-state index in [1.54, 1.807) is 12.2 Å². The molecule has 0 saturated carbocycles. The highest BCUT2D eigenvalue weighted by molar-refractivity contribution is 7.13. The molecular formula is C24H31N3OS. The number of allylic oxidation sites excluding steroid dienone is 10. The molecule has 0 aromatic carbocycles. The van der Waals surface area contributed by atoms with Crippen molar-refractivity contribution in [1.29, 1.82) is 5.26 Å². The topological polar surface area (TPSA) is 58.8 Å². The lowest BCUT2D eigenvalue weighted by molar-refractivity contribution is 0.155. The Kier molecular flexibility index (Phi) is 10.6. The van der Waals surface area contributed by atoms with Crippen LogP contribution in [0, 0.1) is 11.3 Å². The summed E-state index contributed by atoms with van der Waals surface area (Å²) in [6.07, 6.45) is 13.8. The molecule has 0 unspecified atom stereocenters. The molecule has 0 aliphatic heterocycles. The van der Waals surface area contributed by atoms with Crippen molar-refractivity contribution in [3.8, 4) is 6.07 Å². The Balaban J connectivity index is 3.06. The molecule has 0 saturated heterocycles. The van der Waals surface area contributed by atoms with Gasteiger partial charge in [-0.1, -0.05) is 61.1 Å². The van der Waals surface area contributed by atoms with E-state index >= 15 is 0 Å². The van der Waals surface area contributed by atoms with E-state index in [2.05, 4.69) is 42.8 Å². The van der Waals surface area contributed by atoms with Crippen LogP contribution < -0.4 is 0 Å². The van der Waals surface area contributed by atoms with Crippen LogP contribution in [0.1, 0.15) is 64.4 Å². The first kappa shape index (κ1) is 24.3. The third-order valence-electron chi connectivity index (χ3n) is 3.89. The zero-order valence-corrected chi connectivity index (χ0v) is 19.1. The maximum Gasteiger partial charge on any atom is 0.147 e. The summed E-state index contributed by atoms with van der Waals surface area (Å²) in [5.74, 6) is 0.563. The van der Waals surface area contributed by atoms with Crippen LogP contribution in [-0.2, 0) is 4.74 Å². The Morgan fingerprint density at radius 1 is 1.24 bits per heavy atom. The minimum Gasteiger partial charge on any atom is -0.490 e. The number of hydrogen-bond donors (Lipinski definition) is 0. The molecule has 1 aromatic heterocycles. The third-order valence-corrected chi connectivity index (χ3v) is 4.94. The molecular weight excluding hydrogens is 378 g/mol. The summed E-state index contributed by atoms with van der Waals surface area (Å²) in [7, 11) is 0. The molecule has 1 heterocycles. The van der Waals surface area contributed by atoms with Crippen LogP contribution in [0.5, 0.6) is 0 Å². The molecule has 0 aliphatic carbocycles. The molecule has 5 heteroatoms. The van der Waals surface area contributed by atoms with E-state index in [0.717, 1.165) is 34.0 Å². The van der Waals surface area contributed by atoms with E-state index in [-0.39, 0.29) is 6.10 Å². The fourth-order valence-corrected chi connectivity index (χ4v) is 3.31. The highest BCUT2D eigenvalue weighted by Gasteiger charge is 2.12. The Morgan fingerprint density at radius 3 is 2.48 bits per heavy atom. The summed E-state index contributed by atoms with van der Waals surface area (Å²) >= 11 is 1.45. The average Bonchev–Trinajstić information content (AvgIpc) is 3.17. The molecule has 4 nitrogen and oxygen atoms in total. The summed E-state index contributed by atoms with van der Waals surface area (Å²) in [5, 5.41) is 19.6. The van der Waals surface area contributed by atoms with Gasteiger partial charge in [-0.05, 0) is 53.2 Å². The molecule has 0 atom stereocenters. The van der Waals surface area contributed by atoms with Gasteiger partial charge in [-0.2, -0.15) is 5.26 Å². The van der Waals surface area contributed by atoms with E-state index in [1.807, 2.05) is 45.9 Å². The van der Waals surface area contributed by atoms with Gasteiger partial charge in [0.25, 0.3) is 0 Å². The van der Waals surface area contributed by atoms with Gasteiger partial charge >= 0.3 is 0 Å². The quantitative estimate of drug-likeness (QED) is 0.236. The predicted molar refractivity (Wildman–Crippen MR) is 124 cm³/mol. The second kappa shape index (κ2) is 12.7. The number of nitriles is 1. The first-order chi connectivity index (χ1) is 13.9. The van der Waals surface area contributed by atoms with Gasteiger partial charge < -0.3 is 4.74 Å². The zero-order chi connectivity index (χ0) is 21.8. The summed E-state index contributed by atoms with van der Waals surface area (Å²) in [4.78, 5) is 0. The predicted octanol–water partition coefficient (Wildman–Crippen LogP) is 7.04. The minimum atomic E-state index is -0.00902. The van der Waals surface area contributed by atoms with Crippen LogP contribution in [0.15, 0.2) is 59.9 Å². The Morgan fingerprint density at radius 2 is 1.93 bits per heavy atom. The summed E-state index contributed by atoms with van der Waals surface area (Å²) in [6, 6.07) is 2.22. The first-order valence-corrected chi connectivity index (χ1v) is 10.7. The molecule has 154 valence electrons. The number of ether oxygens (including phenoxy) is 1. The SMILES string of the molecule is C=C(/C=C\C=C(\C)CCC)c1nnc(C(/C=C(C#N)\C(=C/C)OC(C)C)=C/C)s1. The largest absolute Gasteiger partial charge is 0.490 e. The van der Waals surface area contributed by atoms with E-state index in [9.17, 15) is 5.26 Å². The highest BCUT2D eigenvalue weighted by atomic mass is 32.1. The van der Waals surface area contributed by atoms with Gasteiger partial charge in [0.15, 0.2) is 0 Å². The number of rotatable bonds is 10. The normalized spacial score (nSPS) is 13.9. The van der Waals surface area contributed by atoms with Crippen molar-refractivity contribution in [2.75, 3.05) is 0 Å². The van der Waals surface area contributed by atoms with Gasteiger partial charge in [0, 0.05) is 11.1 Å².